The van der Waals surface area contributed by atoms with Gasteiger partial charge in [0.25, 0.3) is 0 Å². The van der Waals surface area contributed by atoms with Crippen LogP contribution in [-0.4, -0.2) is 10.8 Å². The largest absolute Gasteiger partial charge is 0.398 e. The number of benzene rings is 2. The second-order valence-electron chi connectivity index (χ2n) is 8.43. The second kappa shape index (κ2) is 9.41. The van der Waals surface area contributed by atoms with E-state index in [-0.39, 0.29) is 10.8 Å². The Hall–Kier alpha value is -1.03. The van der Waals surface area contributed by atoms with Crippen LogP contribution in [0.2, 0.25) is 0 Å². The molecule has 0 aromatic heterocycles. The van der Waals surface area contributed by atoms with E-state index < -0.39 is 0 Å². The molecule has 0 radical (unpaired) electrons. The Labute approximate surface area is 188 Å². The first-order chi connectivity index (χ1) is 14.1. The Bertz CT molecular complexity index is 787. The van der Waals surface area contributed by atoms with E-state index >= 15 is 0 Å². The molecule has 0 heterocycles. The van der Waals surface area contributed by atoms with Crippen LogP contribution in [0.15, 0.2) is 46.2 Å². The molecule has 4 rings (SSSR count). The Morgan fingerprint density at radius 2 is 1.07 bits per heavy atom. The van der Waals surface area contributed by atoms with Gasteiger partial charge in [-0.25, -0.2) is 0 Å². The van der Waals surface area contributed by atoms with Crippen molar-refractivity contribution < 1.29 is 0 Å². The van der Waals surface area contributed by atoms with Gasteiger partial charge in [-0.3, -0.25) is 0 Å². The van der Waals surface area contributed by atoms with Crippen molar-refractivity contribution in [2.45, 2.75) is 83.7 Å². The van der Waals surface area contributed by atoms with Crippen LogP contribution in [-0.2, 0) is 0 Å². The Kier molecular flexibility index (Phi) is 6.88. The van der Waals surface area contributed by atoms with Gasteiger partial charge in [-0.15, -0.1) is 23.2 Å². The molecule has 4 atom stereocenters. The van der Waals surface area contributed by atoms with Gasteiger partial charge < -0.3 is 11.5 Å². The lowest BCUT2D eigenvalue weighted by molar-refractivity contribution is 0.451. The van der Waals surface area contributed by atoms with E-state index in [1.807, 2.05) is 0 Å². The molecule has 0 saturated heterocycles. The molecular formula is C24H30Cl2N2S. The van der Waals surface area contributed by atoms with Crippen LogP contribution in [0.4, 0.5) is 11.4 Å². The number of hydrogen-bond acceptors (Lipinski definition) is 3. The molecule has 0 spiro atoms. The van der Waals surface area contributed by atoms with Crippen molar-refractivity contribution in [3.8, 4) is 0 Å². The van der Waals surface area contributed by atoms with Gasteiger partial charge >= 0.3 is 0 Å². The van der Waals surface area contributed by atoms with E-state index in [1.165, 1.54) is 36.8 Å². The maximum atomic E-state index is 6.65. The minimum Gasteiger partial charge on any atom is -0.398 e. The summed E-state index contributed by atoms with van der Waals surface area (Å²) in [4.78, 5) is 2.12. The monoisotopic (exact) mass is 448 g/mol. The van der Waals surface area contributed by atoms with Gasteiger partial charge in [-0.05, 0) is 48.9 Å². The van der Waals surface area contributed by atoms with Crippen molar-refractivity contribution in [1.29, 1.82) is 0 Å². The number of anilines is 2. The highest BCUT2D eigenvalue weighted by molar-refractivity contribution is 7.99. The van der Waals surface area contributed by atoms with Crippen LogP contribution in [0.25, 0.3) is 0 Å². The zero-order chi connectivity index (χ0) is 20.4. The summed E-state index contributed by atoms with van der Waals surface area (Å²) in [5.74, 6) is 0.683. The van der Waals surface area contributed by atoms with Crippen LogP contribution in [0.1, 0.15) is 74.3 Å². The second-order valence-corrected chi connectivity index (χ2v) is 10.6. The Morgan fingerprint density at radius 1 is 0.655 bits per heavy atom. The van der Waals surface area contributed by atoms with E-state index in [0.29, 0.717) is 11.8 Å². The Balaban J connectivity index is 1.61. The highest BCUT2D eigenvalue weighted by Gasteiger charge is 2.28. The molecule has 0 bridgehead atoms. The summed E-state index contributed by atoms with van der Waals surface area (Å²) in [6.07, 6.45) is 9.24. The van der Waals surface area contributed by atoms with Crippen molar-refractivity contribution in [1.82, 2.24) is 0 Å². The summed E-state index contributed by atoms with van der Waals surface area (Å²) in [5, 5.41) is 0.346. The maximum Gasteiger partial charge on any atom is 0.0491 e. The molecule has 2 aromatic carbocycles. The lowest BCUT2D eigenvalue weighted by Crippen LogP contribution is -2.19. The van der Waals surface area contributed by atoms with Gasteiger partial charge in [0.1, 0.15) is 0 Å². The standard InChI is InChI=1S/C24H30Cl2N2S/c25-19-11-3-1-7-15(19)17-9-5-13-21(23(17)27)29-22-14-6-10-18(24(22)28)16-8-2-4-12-20(16)26/h5-6,9-10,13-16,19-20H,1-4,7-8,11-12,27-28H2. The number of hydrogen-bond donors (Lipinski definition) is 2. The highest BCUT2D eigenvalue weighted by Crippen LogP contribution is 2.46. The molecule has 5 heteroatoms. The van der Waals surface area contributed by atoms with E-state index in [1.54, 1.807) is 11.8 Å². The maximum absolute atomic E-state index is 6.65. The molecule has 2 aromatic rings. The first kappa shape index (κ1) is 21.2. The van der Waals surface area contributed by atoms with Gasteiger partial charge in [0.05, 0.1) is 0 Å². The quantitative estimate of drug-likeness (QED) is 0.375. The molecular weight excluding hydrogens is 419 g/mol. The molecule has 0 aliphatic heterocycles. The van der Waals surface area contributed by atoms with Crippen molar-refractivity contribution in [3.63, 3.8) is 0 Å². The predicted molar refractivity (Wildman–Crippen MR) is 128 cm³/mol. The number of rotatable bonds is 4. The number of halogens is 2. The van der Waals surface area contributed by atoms with Crippen molar-refractivity contribution in [2.75, 3.05) is 11.5 Å². The zero-order valence-electron chi connectivity index (χ0n) is 16.7. The third-order valence-electron chi connectivity index (χ3n) is 6.58. The summed E-state index contributed by atoms with van der Waals surface area (Å²) in [5.41, 5.74) is 17.4. The average molecular weight is 449 g/mol. The van der Waals surface area contributed by atoms with Crippen LogP contribution in [0, 0.1) is 0 Å². The molecule has 2 aliphatic rings. The lowest BCUT2D eigenvalue weighted by atomic mass is 9.83. The molecule has 0 amide bonds. The molecule has 2 nitrogen and oxygen atoms in total. The van der Waals surface area contributed by atoms with Gasteiger partial charge in [-0.2, -0.15) is 0 Å². The molecule has 2 fully saturated rings. The van der Waals surface area contributed by atoms with Gasteiger partial charge in [0, 0.05) is 43.8 Å². The minimum absolute atomic E-state index is 0.173. The fourth-order valence-corrected chi connectivity index (χ4v) is 6.75. The fourth-order valence-electron chi connectivity index (χ4n) is 4.94. The van der Waals surface area contributed by atoms with Crippen LogP contribution in [0.3, 0.4) is 0 Å². The third-order valence-corrected chi connectivity index (χ3v) is 8.78. The highest BCUT2D eigenvalue weighted by atomic mass is 35.5. The molecule has 2 saturated carbocycles. The van der Waals surface area contributed by atoms with Gasteiger partial charge in [-0.1, -0.05) is 61.7 Å². The molecule has 4 unspecified atom stereocenters. The van der Waals surface area contributed by atoms with Crippen molar-refractivity contribution >= 4 is 46.3 Å². The minimum atomic E-state index is 0.173. The average Bonchev–Trinajstić information content (AvgIpc) is 2.72. The third kappa shape index (κ3) is 4.52. The fraction of sp³-hybridized carbons (Fsp3) is 0.500. The number of para-hydroxylation sites is 2. The summed E-state index contributed by atoms with van der Waals surface area (Å²) in [6, 6.07) is 12.7. The first-order valence-electron chi connectivity index (χ1n) is 10.8. The van der Waals surface area contributed by atoms with Gasteiger partial charge in [0.2, 0.25) is 0 Å². The van der Waals surface area contributed by atoms with E-state index in [0.717, 1.165) is 46.8 Å². The summed E-state index contributed by atoms with van der Waals surface area (Å²) in [6.45, 7) is 0. The number of alkyl halides is 2. The molecule has 156 valence electrons. The SMILES string of the molecule is Nc1c(Sc2cccc(C3CCCCC3Cl)c2N)cccc1C1CCCCC1Cl. The summed E-state index contributed by atoms with van der Waals surface area (Å²) < 4.78 is 0. The van der Waals surface area contributed by atoms with E-state index in [4.69, 9.17) is 34.7 Å². The lowest BCUT2D eigenvalue weighted by Gasteiger charge is -2.29. The molecule has 29 heavy (non-hydrogen) atoms. The van der Waals surface area contributed by atoms with Crippen molar-refractivity contribution in [3.05, 3.63) is 47.5 Å². The first-order valence-corrected chi connectivity index (χ1v) is 12.5. The summed E-state index contributed by atoms with van der Waals surface area (Å²) >= 11 is 15.0. The smallest absolute Gasteiger partial charge is 0.0491 e. The molecule has 2 aliphatic carbocycles. The van der Waals surface area contributed by atoms with Crippen LogP contribution in [0.5, 0.6) is 0 Å². The predicted octanol–water partition coefficient (Wildman–Crippen LogP) is 7.53. The molecule has 4 N–H and O–H groups in total. The van der Waals surface area contributed by atoms with E-state index in [9.17, 15) is 0 Å². The number of nitrogen functional groups attached to an aromatic ring is 2. The topological polar surface area (TPSA) is 52.0 Å². The van der Waals surface area contributed by atoms with Crippen LogP contribution >= 0.6 is 35.0 Å². The Morgan fingerprint density at radius 3 is 1.48 bits per heavy atom. The normalized spacial score (nSPS) is 27.7. The zero-order valence-corrected chi connectivity index (χ0v) is 19.1. The van der Waals surface area contributed by atoms with Crippen LogP contribution < -0.4 is 11.5 Å². The van der Waals surface area contributed by atoms with E-state index in [2.05, 4.69) is 36.4 Å². The van der Waals surface area contributed by atoms with Crippen molar-refractivity contribution in [2.24, 2.45) is 0 Å². The number of nitrogens with two attached hydrogens (primary N) is 2. The van der Waals surface area contributed by atoms with Gasteiger partial charge in [0.15, 0.2) is 0 Å². The summed E-state index contributed by atoms with van der Waals surface area (Å²) in [7, 11) is 0.